The molecule has 0 radical (unpaired) electrons. The SMILES string of the molecule is Fc1c(F)c(F)c([B-](C2=C=CC=C2)(c2ccccc2)c2c(F)c(F)c(F)c(F)c2F)c(F)c1F. The van der Waals surface area contributed by atoms with Gasteiger partial charge in [-0.15, -0.1) is 10.9 Å². The van der Waals surface area contributed by atoms with E-state index in [1.807, 2.05) is 0 Å². The first-order chi connectivity index (χ1) is 16.1. The number of hydrogen-bond acceptors (Lipinski definition) is 0. The van der Waals surface area contributed by atoms with Gasteiger partial charge in [0.15, 0.2) is 34.9 Å². The second-order valence-electron chi connectivity index (χ2n) is 7.37. The molecule has 4 rings (SSSR count). The van der Waals surface area contributed by atoms with Crippen LogP contribution in [0.25, 0.3) is 0 Å². The largest absolute Gasteiger partial charge is 0.207 e. The predicted molar refractivity (Wildman–Crippen MR) is 104 cm³/mol. The zero-order valence-electron chi connectivity index (χ0n) is 16.5. The molecule has 0 aliphatic heterocycles. The minimum atomic E-state index is -4.23. The van der Waals surface area contributed by atoms with Gasteiger partial charge in [0.1, 0.15) is 29.4 Å². The molecule has 1 aliphatic carbocycles. The summed E-state index contributed by atoms with van der Waals surface area (Å²) in [4.78, 5) is 0. The number of allylic oxidation sites excluding steroid dienone is 3. The maximum atomic E-state index is 15.2. The first-order valence-electron chi connectivity index (χ1n) is 9.45. The summed E-state index contributed by atoms with van der Waals surface area (Å²) in [6.07, 6.45) is -1.05. The van der Waals surface area contributed by atoms with E-state index in [0.717, 1.165) is 30.4 Å². The van der Waals surface area contributed by atoms with Crippen LogP contribution in [0.3, 0.4) is 0 Å². The smallest absolute Gasteiger partial charge is 0.200 e. The predicted octanol–water partition coefficient (Wildman–Crippen LogP) is 4.74. The topological polar surface area (TPSA) is 0 Å². The Labute approximate surface area is 185 Å². The molecule has 11 heteroatoms. The molecule has 0 amide bonds. The summed E-state index contributed by atoms with van der Waals surface area (Å²) in [5, 5.41) is 0. The lowest BCUT2D eigenvalue weighted by Crippen LogP contribution is -2.72. The van der Waals surface area contributed by atoms with Crippen LogP contribution in [0.2, 0.25) is 0 Å². The van der Waals surface area contributed by atoms with Gasteiger partial charge < -0.3 is 0 Å². The summed E-state index contributed by atoms with van der Waals surface area (Å²) in [6, 6.07) is 5.71. The van der Waals surface area contributed by atoms with Gasteiger partial charge in [-0.3, -0.25) is 0 Å². The van der Waals surface area contributed by atoms with Crippen molar-refractivity contribution >= 4 is 22.5 Å². The Morgan fingerprint density at radius 3 is 1.24 bits per heavy atom. The summed E-state index contributed by atoms with van der Waals surface area (Å²) >= 11 is 0. The van der Waals surface area contributed by atoms with Gasteiger partial charge in [-0.2, -0.15) is 16.7 Å². The molecular formula is C23H8BF10-. The van der Waals surface area contributed by atoms with Crippen molar-refractivity contribution in [2.75, 3.05) is 0 Å². The van der Waals surface area contributed by atoms with E-state index >= 15 is 17.6 Å². The number of rotatable bonds is 4. The van der Waals surface area contributed by atoms with E-state index < -0.39 is 86.2 Å². The normalized spacial score (nSPS) is 13.1. The molecule has 174 valence electrons. The maximum absolute atomic E-state index is 15.2. The lowest BCUT2D eigenvalue weighted by atomic mass is 9.12. The Morgan fingerprint density at radius 2 is 0.882 bits per heavy atom. The fraction of sp³-hybridized carbons (Fsp3) is 0. The third kappa shape index (κ3) is 3.04. The monoisotopic (exact) mass is 485 g/mol. The molecule has 0 spiro atoms. The van der Waals surface area contributed by atoms with Crippen LogP contribution in [-0.4, -0.2) is 6.15 Å². The molecule has 1 aliphatic rings. The first-order valence-corrected chi connectivity index (χ1v) is 9.45. The molecule has 0 atom stereocenters. The van der Waals surface area contributed by atoms with Crippen molar-refractivity contribution in [2.24, 2.45) is 0 Å². The molecule has 0 saturated heterocycles. The van der Waals surface area contributed by atoms with E-state index in [9.17, 15) is 26.3 Å². The summed E-state index contributed by atoms with van der Waals surface area (Å²) < 4.78 is 145. The Bertz CT molecular complexity index is 1310. The van der Waals surface area contributed by atoms with Crippen molar-refractivity contribution in [1.82, 2.24) is 0 Å². The fourth-order valence-corrected chi connectivity index (χ4v) is 4.33. The highest BCUT2D eigenvalue weighted by atomic mass is 19.2. The highest BCUT2D eigenvalue weighted by molar-refractivity contribution is 7.16. The van der Waals surface area contributed by atoms with Crippen LogP contribution in [0, 0.1) is 58.2 Å². The number of halogens is 10. The van der Waals surface area contributed by atoms with Gasteiger partial charge in [0.05, 0.1) is 0 Å². The molecule has 3 aromatic rings. The lowest BCUT2D eigenvalue weighted by Gasteiger charge is -2.44. The quantitative estimate of drug-likeness (QED) is 0.165. The lowest BCUT2D eigenvalue weighted by molar-refractivity contribution is 0.382. The Morgan fingerprint density at radius 1 is 0.500 bits per heavy atom. The van der Waals surface area contributed by atoms with Crippen molar-refractivity contribution in [3.05, 3.63) is 118 Å². The summed E-state index contributed by atoms with van der Waals surface area (Å²) in [5.74, 6) is -25.0. The van der Waals surface area contributed by atoms with Gasteiger partial charge in [-0.25, -0.2) is 43.9 Å². The third-order valence-electron chi connectivity index (χ3n) is 5.74. The average Bonchev–Trinajstić information content (AvgIpc) is 3.38. The molecule has 3 aromatic carbocycles. The molecule has 0 aromatic heterocycles. The maximum Gasteiger partial charge on any atom is 0.200 e. The third-order valence-corrected chi connectivity index (χ3v) is 5.74. The van der Waals surface area contributed by atoms with E-state index in [1.165, 1.54) is 18.2 Å². The minimum absolute atomic E-state index is 0.503. The zero-order valence-corrected chi connectivity index (χ0v) is 16.5. The van der Waals surface area contributed by atoms with E-state index in [2.05, 4.69) is 5.73 Å². The van der Waals surface area contributed by atoms with Gasteiger partial charge >= 0.3 is 0 Å². The van der Waals surface area contributed by atoms with E-state index in [-0.39, 0.29) is 0 Å². The molecule has 0 saturated carbocycles. The Kier molecular flexibility index (Phi) is 5.69. The van der Waals surface area contributed by atoms with Crippen molar-refractivity contribution in [1.29, 1.82) is 0 Å². The second kappa shape index (κ2) is 8.25. The van der Waals surface area contributed by atoms with Gasteiger partial charge in [0, 0.05) is 0 Å². The zero-order chi connectivity index (χ0) is 24.9. The van der Waals surface area contributed by atoms with Crippen LogP contribution < -0.4 is 16.4 Å². The van der Waals surface area contributed by atoms with Crippen molar-refractivity contribution < 1.29 is 43.9 Å². The van der Waals surface area contributed by atoms with Crippen LogP contribution >= 0.6 is 0 Å². The van der Waals surface area contributed by atoms with Crippen molar-refractivity contribution in [2.45, 2.75) is 0 Å². The van der Waals surface area contributed by atoms with E-state index in [0.29, 0.717) is 0 Å². The van der Waals surface area contributed by atoms with Crippen LogP contribution in [-0.2, 0) is 0 Å². The molecule has 34 heavy (non-hydrogen) atoms. The highest BCUT2D eigenvalue weighted by Crippen LogP contribution is 2.29. The fourth-order valence-electron chi connectivity index (χ4n) is 4.33. The van der Waals surface area contributed by atoms with Gasteiger partial charge in [-0.1, -0.05) is 42.5 Å². The second-order valence-corrected chi connectivity index (χ2v) is 7.37. The molecule has 0 bridgehead atoms. The van der Waals surface area contributed by atoms with Crippen molar-refractivity contribution in [3.63, 3.8) is 0 Å². The standard InChI is InChI=1S/C23H8BF10/c25-14-12(15(26)19(30)22(33)18(14)29)24(11-8-4-5-9-11,10-6-2-1-3-7-10)13-16(27)20(31)23(34)21(32)17(13)28/h1-8H/q-1. The number of benzene rings is 3. The molecule has 0 nitrogen and oxygen atoms in total. The Hall–Kier alpha value is -3.72. The van der Waals surface area contributed by atoms with Crippen LogP contribution in [0.15, 0.2) is 59.8 Å². The van der Waals surface area contributed by atoms with E-state index in [1.54, 1.807) is 0 Å². The van der Waals surface area contributed by atoms with Gasteiger partial charge in [0.2, 0.25) is 0 Å². The molecule has 0 heterocycles. The van der Waals surface area contributed by atoms with Crippen molar-refractivity contribution in [3.8, 4) is 0 Å². The molecular weight excluding hydrogens is 477 g/mol. The molecule has 0 N–H and O–H groups in total. The Balaban J connectivity index is 2.39. The van der Waals surface area contributed by atoms with Crippen LogP contribution in [0.5, 0.6) is 0 Å². The van der Waals surface area contributed by atoms with E-state index in [4.69, 9.17) is 0 Å². The van der Waals surface area contributed by atoms with Gasteiger partial charge in [-0.05, 0) is 6.08 Å². The first kappa shape index (κ1) is 23.4. The summed E-state index contributed by atoms with van der Waals surface area (Å²) in [5.41, 5.74) is -2.28. The van der Waals surface area contributed by atoms with Gasteiger partial charge in [0.25, 0.3) is 0 Å². The molecule has 0 unspecified atom stereocenters. The molecule has 0 fully saturated rings. The summed E-state index contributed by atoms with van der Waals surface area (Å²) in [7, 11) is 0. The number of hydrogen-bond donors (Lipinski definition) is 0. The average molecular weight is 485 g/mol. The summed E-state index contributed by atoms with van der Waals surface area (Å²) in [6.45, 7) is 0. The highest BCUT2D eigenvalue weighted by Gasteiger charge is 2.45. The minimum Gasteiger partial charge on any atom is -0.207 e. The van der Waals surface area contributed by atoms with Crippen LogP contribution in [0.1, 0.15) is 0 Å². The van der Waals surface area contributed by atoms with Crippen LogP contribution in [0.4, 0.5) is 43.9 Å².